The van der Waals surface area contributed by atoms with E-state index in [1.807, 2.05) is 31.2 Å². The first kappa shape index (κ1) is 28.7. The van der Waals surface area contributed by atoms with Crippen molar-refractivity contribution in [2.45, 2.75) is 37.8 Å². The number of ketones is 1. The number of fused-ring (bicyclic) bond motifs is 1. The summed E-state index contributed by atoms with van der Waals surface area (Å²) in [7, 11) is -3.34. The summed E-state index contributed by atoms with van der Waals surface area (Å²) in [6, 6.07) is 15.7. The van der Waals surface area contributed by atoms with Gasteiger partial charge in [-0.3, -0.25) is 24.5 Å². The van der Waals surface area contributed by atoms with Crippen LogP contribution in [-0.2, 0) is 27.7 Å². The predicted octanol–water partition coefficient (Wildman–Crippen LogP) is 2.70. The van der Waals surface area contributed by atoms with Crippen LogP contribution in [0.1, 0.15) is 40.4 Å². The highest BCUT2D eigenvalue weighted by atomic mass is 32.2. The van der Waals surface area contributed by atoms with Crippen molar-refractivity contribution in [1.82, 2.24) is 24.5 Å². The molecule has 11 heteroatoms. The summed E-state index contributed by atoms with van der Waals surface area (Å²) >= 11 is 0. The SMILES string of the molecule is CCCS(=O)(=O)N1CC2C(C1)C2N1C(=O)C(Cc2ccncc2)(Cc2ccncc2)NC1=CC(=O)c1ccc(C#N)cc1. The molecule has 10 nitrogen and oxygen atoms in total. The first-order chi connectivity index (χ1) is 20.7. The molecule has 3 fully saturated rings. The molecule has 2 aliphatic heterocycles. The van der Waals surface area contributed by atoms with Crippen LogP contribution in [0, 0.1) is 23.2 Å². The summed E-state index contributed by atoms with van der Waals surface area (Å²) in [6.07, 6.45) is 9.47. The van der Waals surface area contributed by atoms with E-state index in [9.17, 15) is 18.0 Å². The number of hydrogen-bond acceptors (Lipinski definition) is 8. The van der Waals surface area contributed by atoms with Gasteiger partial charge in [0.05, 0.1) is 17.4 Å². The van der Waals surface area contributed by atoms with Gasteiger partial charge < -0.3 is 5.32 Å². The van der Waals surface area contributed by atoms with Gasteiger partial charge in [0.15, 0.2) is 5.78 Å². The molecule has 220 valence electrons. The van der Waals surface area contributed by atoms with E-state index in [-0.39, 0.29) is 35.3 Å². The number of amides is 1. The molecule has 1 N–H and O–H groups in total. The minimum atomic E-state index is -3.34. The number of piperidine rings is 1. The van der Waals surface area contributed by atoms with Crippen LogP contribution in [0.25, 0.3) is 0 Å². The summed E-state index contributed by atoms with van der Waals surface area (Å²) in [4.78, 5) is 38.1. The van der Waals surface area contributed by atoms with Crippen molar-refractivity contribution >= 4 is 21.7 Å². The number of pyridine rings is 2. The molecule has 2 aromatic heterocycles. The fraction of sp³-hybridized carbons (Fsp3) is 0.344. The van der Waals surface area contributed by atoms with Crippen molar-refractivity contribution in [3.8, 4) is 6.07 Å². The monoisotopic (exact) mass is 596 g/mol. The zero-order chi connectivity index (χ0) is 30.2. The van der Waals surface area contributed by atoms with Crippen LogP contribution in [0.2, 0.25) is 0 Å². The number of aromatic nitrogens is 2. The molecular formula is C32H32N6O4S. The summed E-state index contributed by atoms with van der Waals surface area (Å²) in [5.41, 5.74) is 1.58. The average Bonchev–Trinajstić information content (AvgIpc) is 3.34. The minimum Gasteiger partial charge on any atom is -0.357 e. The molecule has 3 aromatic rings. The van der Waals surface area contributed by atoms with Crippen molar-refractivity contribution in [2.75, 3.05) is 18.8 Å². The molecule has 4 heterocycles. The molecule has 1 aromatic carbocycles. The summed E-state index contributed by atoms with van der Waals surface area (Å²) < 4.78 is 27.1. The number of sulfonamides is 1. The van der Waals surface area contributed by atoms with E-state index in [0.717, 1.165) is 11.1 Å². The summed E-state index contributed by atoms with van der Waals surface area (Å²) in [5, 5.41) is 12.6. The number of allylic oxidation sites excluding steroid dienone is 1. The van der Waals surface area contributed by atoms with Gasteiger partial charge in [0.1, 0.15) is 11.4 Å². The van der Waals surface area contributed by atoms with Crippen molar-refractivity contribution in [3.63, 3.8) is 0 Å². The Morgan fingerprint density at radius 3 is 2.07 bits per heavy atom. The molecule has 2 saturated heterocycles. The van der Waals surface area contributed by atoms with Crippen LogP contribution in [0.5, 0.6) is 0 Å². The van der Waals surface area contributed by atoms with E-state index in [1.165, 1.54) is 6.08 Å². The second-order valence-corrected chi connectivity index (χ2v) is 13.6. The number of nitriles is 1. The van der Waals surface area contributed by atoms with Gasteiger partial charge in [-0.05, 0) is 66.1 Å². The molecule has 0 spiro atoms. The molecular weight excluding hydrogens is 564 g/mol. The maximum Gasteiger partial charge on any atom is 0.254 e. The molecule has 43 heavy (non-hydrogen) atoms. The maximum atomic E-state index is 14.7. The number of nitrogens with one attached hydrogen (secondary N) is 1. The standard InChI is InChI=1S/C32H32N6O4S/c1-2-15-43(41,42)37-20-26-27(21-37)30(26)38-29(16-28(39)25-5-3-24(19-33)4-6-25)36-32(31(38)40,17-22-7-11-34-12-8-22)18-23-9-13-35-14-10-23/h3-14,16,26-27,30,36H,2,15,17-18,20-21H2,1H3. The van der Waals surface area contributed by atoms with Gasteiger partial charge in [-0.2, -0.15) is 5.26 Å². The number of nitrogens with zero attached hydrogens (tertiary/aromatic N) is 5. The minimum absolute atomic E-state index is 0.0107. The fourth-order valence-corrected chi connectivity index (χ4v) is 8.04. The Morgan fingerprint density at radius 2 is 1.56 bits per heavy atom. The van der Waals surface area contributed by atoms with E-state index >= 15 is 0 Å². The van der Waals surface area contributed by atoms with Gasteiger partial charge in [-0.15, -0.1) is 0 Å². The maximum absolute atomic E-state index is 14.7. The Bertz CT molecular complexity index is 1650. The molecule has 2 unspecified atom stereocenters. The smallest absolute Gasteiger partial charge is 0.254 e. The van der Waals surface area contributed by atoms with Crippen molar-refractivity contribution < 1.29 is 18.0 Å². The van der Waals surface area contributed by atoms with E-state index in [4.69, 9.17) is 5.26 Å². The average molecular weight is 597 g/mol. The van der Waals surface area contributed by atoms with Gasteiger partial charge in [-0.1, -0.05) is 6.92 Å². The Kier molecular flexibility index (Phi) is 7.58. The molecule has 0 radical (unpaired) electrons. The van der Waals surface area contributed by atoms with Gasteiger partial charge in [0.25, 0.3) is 5.91 Å². The van der Waals surface area contributed by atoms with Gasteiger partial charge >= 0.3 is 0 Å². The molecule has 0 bridgehead atoms. The highest BCUT2D eigenvalue weighted by Crippen LogP contribution is 2.52. The first-order valence-electron chi connectivity index (χ1n) is 14.4. The van der Waals surface area contributed by atoms with Crippen LogP contribution < -0.4 is 5.32 Å². The third-order valence-corrected chi connectivity index (χ3v) is 10.6. The number of hydrogen-bond donors (Lipinski definition) is 1. The van der Waals surface area contributed by atoms with Crippen molar-refractivity contribution in [2.24, 2.45) is 11.8 Å². The second-order valence-electron chi connectivity index (χ2n) is 11.5. The van der Waals surface area contributed by atoms with Crippen molar-refractivity contribution in [1.29, 1.82) is 5.26 Å². The zero-order valence-corrected chi connectivity index (χ0v) is 24.6. The Balaban J connectivity index is 1.37. The van der Waals surface area contributed by atoms with Gasteiger partial charge in [-0.25, -0.2) is 12.7 Å². The summed E-state index contributed by atoms with van der Waals surface area (Å²) in [6.45, 7) is 2.57. The first-order valence-corrected chi connectivity index (χ1v) is 16.0. The number of carbonyl (C=O) groups is 2. The fourth-order valence-electron chi connectivity index (χ4n) is 6.47. The molecule has 1 amide bonds. The predicted molar refractivity (Wildman–Crippen MR) is 159 cm³/mol. The number of rotatable bonds is 10. The molecule has 6 rings (SSSR count). The highest BCUT2D eigenvalue weighted by Gasteiger charge is 2.65. The third-order valence-electron chi connectivity index (χ3n) is 8.60. The van der Waals surface area contributed by atoms with Crippen LogP contribution in [0.15, 0.2) is 85.2 Å². The third kappa shape index (κ3) is 5.56. The normalized spacial score (nSPS) is 23.5. The Labute approximate surface area is 251 Å². The van der Waals surface area contributed by atoms with E-state index in [0.29, 0.717) is 49.3 Å². The lowest BCUT2D eigenvalue weighted by atomic mass is 9.85. The quantitative estimate of drug-likeness (QED) is 0.279. The lowest BCUT2D eigenvalue weighted by molar-refractivity contribution is -0.132. The van der Waals surface area contributed by atoms with E-state index < -0.39 is 15.6 Å². The van der Waals surface area contributed by atoms with Crippen LogP contribution in [0.4, 0.5) is 0 Å². The number of carbonyl (C=O) groups excluding carboxylic acids is 2. The van der Waals surface area contributed by atoms with Gasteiger partial charge in [0, 0.05) is 80.2 Å². The zero-order valence-electron chi connectivity index (χ0n) is 23.8. The van der Waals surface area contributed by atoms with Crippen LogP contribution in [-0.4, -0.2) is 69.7 Å². The molecule has 1 saturated carbocycles. The summed E-state index contributed by atoms with van der Waals surface area (Å²) in [5.74, 6) is 0.0393. The number of benzene rings is 1. The Hall–Kier alpha value is -4.40. The second kappa shape index (κ2) is 11.4. The van der Waals surface area contributed by atoms with Crippen LogP contribution in [0.3, 0.4) is 0 Å². The van der Waals surface area contributed by atoms with Gasteiger partial charge in [0.2, 0.25) is 10.0 Å². The Morgan fingerprint density at radius 1 is 1.00 bits per heavy atom. The highest BCUT2D eigenvalue weighted by molar-refractivity contribution is 7.89. The van der Waals surface area contributed by atoms with E-state index in [2.05, 4.69) is 21.4 Å². The molecule has 1 aliphatic carbocycles. The van der Waals surface area contributed by atoms with E-state index in [1.54, 1.807) is 58.3 Å². The van der Waals surface area contributed by atoms with Crippen LogP contribution >= 0.6 is 0 Å². The lowest BCUT2D eigenvalue weighted by Gasteiger charge is -2.28. The topological polar surface area (TPSA) is 136 Å². The van der Waals surface area contributed by atoms with Crippen molar-refractivity contribution in [3.05, 3.63) is 107 Å². The molecule has 2 atom stereocenters. The largest absolute Gasteiger partial charge is 0.357 e. The lowest BCUT2D eigenvalue weighted by Crippen LogP contribution is -2.51. The molecule has 3 aliphatic rings.